The van der Waals surface area contributed by atoms with E-state index in [4.69, 9.17) is 4.52 Å². The molecule has 2 saturated heterocycles. The van der Waals surface area contributed by atoms with E-state index in [9.17, 15) is 9.18 Å². The molecule has 1 aromatic carbocycles. The van der Waals surface area contributed by atoms with Crippen molar-refractivity contribution in [3.8, 4) is 5.95 Å². The number of para-hydroxylation sites is 1. The van der Waals surface area contributed by atoms with Gasteiger partial charge in [-0.25, -0.2) is 4.39 Å². The minimum Gasteiger partial charge on any atom is -0.343 e. The van der Waals surface area contributed by atoms with Crippen LogP contribution in [0.5, 0.6) is 0 Å². The molecule has 2 aromatic heterocycles. The van der Waals surface area contributed by atoms with Crippen LogP contribution in [0.2, 0.25) is 0 Å². The molecule has 2 aliphatic rings. The van der Waals surface area contributed by atoms with Crippen molar-refractivity contribution in [2.24, 2.45) is 5.92 Å². The Morgan fingerprint density at radius 2 is 1.89 bits per heavy atom. The second-order valence-electron chi connectivity index (χ2n) is 10.3. The van der Waals surface area contributed by atoms with E-state index in [2.05, 4.69) is 20.1 Å². The van der Waals surface area contributed by atoms with Gasteiger partial charge in [-0.2, -0.15) is 14.8 Å². The van der Waals surface area contributed by atoms with Crippen LogP contribution in [0.25, 0.3) is 16.9 Å². The predicted molar refractivity (Wildman–Crippen MR) is 131 cm³/mol. The number of rotatable bonds is 6. The molecule has 0 N–H and O–H groups in total. The summed E-state index contributed by atoms with van der Waals surface area (Å²) in [4.78, 5) is 21.1. The smallest absolute Gasteiger partial charge is 0.291 e. The maximum Gasteiger partial charge on any atom is 0.291 e. The van der Waals surface area contributed by atoms with Crippen molar-refractivity contribution in [2.75, 3.05) is 32.7 Å². The zero-order valence-corrected chi connectivity index (χ0v) is 20.9. The van der Waals surface area contributed by atoms with Gasteiger partial charge in [0.25, 0.3) is 5.95 Å². The lowest BCUT2D eigenvalue weighted by molar-refractivity contribution is -0.132. The van der Waals surface area contributed by atoms with E-state index in [1.807, 2.05) is 31.7 Å². The lowest BCUT2D eigenvalue weighted by Crippen LogP contribution is -2.43. The zero-order valence-electron chi connectivity index (χ0n) is 20.9. The zero-order chi connectivity index (χ0) is 24.5. The molecule has 0 unspecified atom stereocenters. The summed E-state index contributed by atoms with van der Waals surface area (Å²) in [5.41, 5.74) is 1.22. The number of aromatic nitrogens is 4. The maximum absolute atomic E-state index is 14.7. The number of fused-ring (bicyclic) bond motifs is 1. The average molecular weight is 483 g/mol. The summed E-state index contributed by atoms with van der Waals surface area (Å²) >= 11 is 0. The van der Waals surface area contributed by atoms with Crippen LogP contribution in [0.4, 0.5) is 4.39 Å². The van der Waals surface area contributed by atoms with Crippen molar-refractivity contribution in [2.45, 2.75) is 64.7 Å². The summed E-state index contributed by atoms with van der Waals surface area (Å²) in [7, 11) is 0. The molecule has 2 aliphatic heterocycles. The average Bonchev–Trinajstić information content (AvgIpc) is 3.50. The van der Waals surface area contributed by atoms with Gasteiger partial charge in [0.15, 0.2) is 0 Å². The monoisotopic (exact) mass is 482 g/mol. The highest BCUT2D eigenvalue weighted by Crippen LogP contribution is 2.31. The summed E-state index contributed by atoms with van der Waals surface area (Å²) in [6.07, 6.45) is 4.69. The molecule has 5 rings (SSSR count). The number of amides is 1. The third-order valence-corrected chi connectivity index (χ3v) is 7.57. The first-order valence-corrected chi connectivity index (χ1v) is 13.0. The first kappa shape index (κ1) is 23.9. The minimum absolute atomic E-state index is 0.149. The van der Waals surface area contributed by atoms with Crippen molar-refractivity contribution in [3.05, 3.63) is 35.6 Å². The van der Waals surface area contributed by atoms with Gasteiger partial charge in [0.2, 0.25) is 11.8 Å². The number of carbonyl (C=O) groups excluding carboxylic acids is 1. The summed E-state index contributed by atoms with van der Waals surface area (Å²) in [6, 6.07) is 5.03. The predicted octanol–water partition coefficient (Wildman–Crippen LogP) is 4.50. The SMILES string of the molecule is CCC(=O)N1CCC(CN2CCC(c3nc(-n4nc(C(C)C)c5cccc(F)c54)no3)CC2)CC1. The van der Waals surface area contributed by atoms with Crippen LogP contribution in [0, 0.1) is 11.7 Å². The molecule has 0 saturated carbocycles. The Kier molecular flexibility index (Phi) is 6.86. The minimum atomic E-state index is -0.341. The van der Waals surface area contributed by atoms with E-state index < -0.39 is 0 Å². The van der Waals surface area contributed by atoms with Crippen molar-refractivity contribution >= 4 is 16.8 Å². The van der Waals surface area contributed by atoms with Crippen LogP contribution in [0.1, 0.15) is 76.3 Å². The molecular formula is C26H35FN6O2. The van der Waals surface area contributed by atoms with E-state index in [-0.39, 0.29) is 29.5 Å². The van der Waals surface area contributed by atoms with E-state index in [1.165, 1.54) is 10.7 Å². The van der Waals surface area contributed by atoms with Gasteiger partial charge in [-0.1, -0.05) is 32.9 Å². The van der Waals surface area contributed by atoms with Crippen LogP contribution in [-0.2, 0) is 4.79 Å². The highest BCUT2D eigenvalue weighted by molar-refractivity contribution is 5.84. The van der Waals surface area contributed by atoms with Gasteiger partial charge < -0.3 is 14.3 Å². The largest absolute Gasteiger partial charge is 0.343 e. The lowest BCUT2D eigenvalue weighted by Gasteiger charge is -2.37. The lowest BCUT2D eigenvalue weighted by atomic mass is 9.92. The Bertz CT molecular complexity index is 1170. The third kappa shape index (κ3) is 4.83. The highest BCUT2D eigenvalue weighted by Gasteiger charge is 2.29. The van der Waals surface area contributed by atoms with Gasteiger partial charge in [-0.15, -0.1) is 0 Å². The third-order valence-electron chi connectivity index (χ3n) is 7.57. The molecule has 0 bridgehead atoms. The molecule has 8 nitrogen and oxygen atoms in total. The molecule has 4 heterocycles. The first-order valence-electron chi connectivity index (χ1n) is 13.0. The van der Waals surface area contributed by atoms with Gasteiger partial charge in [0.05, 0.1) is 5.69 Å². The molecule has 0 spiro atoms. The summed E-state index contributed by atoms with van der Waals surface area (Å²) in [5.74, 6) is 1.83. The highest BCUT2D eigenvalue weighted by atomic mass is 19.1. The van der Waals surface area contributed by atoms with Gasteiger partial charge in [-0.05, 0) is 61.8 Å². The number of nitrogens with zero attached hydrogens (tertiary/aromatic N) is 6. The standard InChI is InChI=1S/C26H35FN6O2/c1-4-22(34)32-14-8-18(9-15-32)16-31-12-10-19(11-13-31)25-28-26(30-35-25)33-24-20(6-5-7-21(24)27)23(29-33)17(2)3/h5-7,17-19H,4,8-16H2,1-3H3. The van der Waals surface area contributed by atoms with Crippen LogP contribution >= 0.6 is 0 Å². The van der Waals surface area contributed by atoms with E-state index in [0.29, 0.717) is 23.7 Å². The van der Waals surface area contributed by atoms with Crippen molar-refractivity contribution in [1.82, 2.24) is 29.7 Å². The molecule has 1 amide bonds. The van der Waals surface area contributed by atoms with Gasteiger partial charge in [0.1, 0.15) is 11.3 Å². The normalized spacial score (nSPS) is 18.7. The molecule has 188 valence electrons. The second kappa shape index (κ2) is 10.0. The Balaban J connectivity index is 1.21. The summed E-state index contributed by atoms with van der Waals surface area (Å²) < 4.78 is 21.8. The van der Waals surface area contributed by atoms with E-state index in [0.717, 1.165) is 69.5 Å². The van der Waals surface area contributed by atoms with E-state index in [1.54, 1.807) is 6.07 Å². The number of carbonyl (C=O) groups is 1. The fraction of sp³-hybridized carbons (Fsp3) is 0.615. The Hall–Kier alpha value is -2.81. The molecular weight excluding hydrogens is 447 g/mol. The first-order chi connectivity index (χ1) is 16.9. The van der Waals surface area contributed by atoms with Crippen LogP contribution in [0.15, 0.2) is 22.7 Å². The number of hydrogen-bond donors (Lipinski definition) is 0. The topological polar surface area (TPSA) is 80.3 Å². The second-order valence-corrected chi connectivity index (χ2v) is 10.3. The molecule has 2 fully saturated rings. The molecule has 0 aliphatic carbocycles. The van der Waals surface area contributed by atoms with Gasteiger partial charge in [-0.3, -0.25) is 4.79 Å². The van der Waals surface area contributed by atoms with Crippen LogP contribution in [0.3, 0.4) is 0 Å². The number of piperidine rings is 2. The number of likely N-dealkylation sites (tertiary alicyclic amines) is 2. The molecule has 9 heteroatoms. The van der Waals surface area contributed by atoms with Crippen molar-refractivity contribution in [1.29, 1.82) is 0 Å². The van der Waals surface area contributed by atoms with Crippen molar-refractivity contribution in [3.63, 3.8) is 0 Å². The number of halogens is 1. The van der Waals surface area contributed by atoms with Crippen LogP contribution < -0.4 is 0 Å². The molecule has 3 aromatic rings. The number of hydrogen-bond acceptors (Lipinski definition) is 6. The Labute approximate surface area is 205 Å². The van der Waals surface area contributed by atoms with Crippen LogP contribution in [-0.4, -0.2) is 68.4 Å². The van der Waals surface area contributed by atoms with Gasteiger partial charge >= 0.3 is 0 Å². The summed E-state index contributed by atoms with van der Waals surface area (Å²) in [6.45, 7) is 10.9. The molecule has 0 radical (unpaired) electrons. The Morgan fingerprint density at radius 3 is 2.57 bits per heavy atom. The van der Waals surface area contributed by atoms with E-state index >= 15 is 0 Å². The van der Waals surface area contributed by atoms with Crippen molar-refractivity contribution < 1.29 is 13.7 Å². The molecule has 35 heavy (non-hydrogen) atoms. The quantitative estimate of drug-likeness (QED) is 0.515. The van der Waals surface area contributed by atoms with Gasteiger partial charge in [0, 0.05) is 37.4 Å². The Morgan fingerprint density at radius 1 is 1.14 bits per heavy atom. The fourth-order valence-corrected chi connectivity index (χ4v) is 5.52. The fourth-order valence-electron chi connectivity index (χ4n) is 5.52. The number of benzene rings is 1. The maximum atomic E-state index is 14.7. The molecule has 0 atom stereocenters. The summed E-state index contributed by atoms with van der Waals surface area (Å²) in [5, 5.41) is 9.59.